The molecule has 0 aliphatic rings. The Hall–Kier alpha value is -1.40. The SMILES string of the molecule is CCC(=O)c1cc(Br)ccc1OCC(=O)NCCOC. The van der Waals surface area contributed by atoms with Gasteiger partial charge in [-0.2, -0.15) is 0 Å². The Morgan fingerprint density at radius 2 is 2.10 bits per heavy atom. The highest BCUT2D eigenvalue weighted by Gasteiger charge is 2.12. The third kappa shape index (κ3) is 5.30. The van der Waals surface area contributed by atoms with Crippen molar-refractivity contribution >= 4 is 27.6 Å². The number of hydrogen-bond donors (Lipinski definition) is 1. The molecule has 0 fully saturated rings. The second-order valence-corrected chi connectivity index (χ2v) is 4.96. The minimum Gasteiger partial charge on any atom is -0.483 e. The Balaban J connectivity index is 2.63. The number of ketones is 1. The van der Waals surface area contributed by atoms with Crippen molar-refractivity contribution in [1.29, 1.82) is 0 Å². The third-order valence-corrected chi connectivity index (χ3v) is 3.04. The summed E-state index contributed by atoms with van der Waals surface area (Å²) in [6.45, 7) is 2.53. The normalized spacial score (nSPS) is 10.2. The number of rotatable bonds is 8. The largest absolute Gasteiger partial charge is 0.483 e. The highest BCUT2D eigenvalue weighted by Crippen LogP contribution is 2.24. The van der Waals surface area contributed by atoms with Gasteiger partial charge < -0.3 is 14.8 Å². The second-order valence-electron chi connectivity index (χ2n) is 4.05. The molecule has 0 radical (unpaired) electrons. The summed E-state index contributed by atoms with van der Waals surface area (Å²) in [7, 11) is 1.56. The van der Waals surface area contributed by atoms with Crippen LogP contribution in [0.2, 0.25) is 0 Å². The Bertz CT molecular complexity index is 476. The van der Waals surface area contributed by atoms with Crippen molar-refractivity contribution in [3.63, 3.8) is 0 Å². The van der Waals surface area contributed by atoms with Crippen LogP contribution in [0.3, 0.4) is 0 Å². The van der Waals surface area contributed by atoms with Crippen molar-refractivity contribution < 1.29 is 19.1 Å². The van der Waals surface area contributed by atoms with E-state index in [0.29, 0.717) is 30.9 Å². The molecule has 1 aromatic rings. The van der Waals surface area contributed by atoms with Crippen molar-refractivity contribution in [3.8, 4) is 5.75 Å². The molecule has 0 heterocycles. The standard InChI is InChI=1S/C14H18BrNO4/c1-3-12(17)11-8-10(15)4-5-13(11)20-9-14(18)16-6-7-19-2/h4-5,8H,3,6-7,9H2,1-2H3,(H,16,18). The number of halogens is 1. The lowest BCUT2D eigenvalue weighted by molar-refractivity contribution is -0.123. The molecule has 1 N–H and O–H groups in total. The van der Waals surface area contributed by atoms with Crippen LogP contribution < -0.4 is 10.1 Å². The molecule has 0 unspecified atom stereocenters. The highest BCUT2D eigenvalue weighted by molar-refractivity contribution is 9.10. The van der Waals surface area contributed by atoms with Crippen molar-refractivity contribution in [3.05, 3.63) is 28.2 Å². The average molecular weight is 344 g/mol. The lowest BCUT2D eigenvalue weighted by atomic mass is 10.1. The number of methoxy groups -OCH3 is 1. The van der Waals surface area contributed by atoms with Gasteiger partial charge in [-0.15, -0.1) is 0 Å². The van der Waals surface area contributed by atoms with E-state index in [9.17, 15) is 9.59 Å². The van der Waals surface area contributed by atoms with Gasteiger partial charge in [-0.05, 0) is 18.2 Å². The molecule has 1 amide bonds. The van der Waals surface area contributed by atoms with E-state index in [1.807, 2.05) is 0 Å². The van der Waals surface area contributed by atoms with Crippen LogP contribution in [-0.4, -0.2) is 38.6 Å². The topological polar surface area (TPSA) is 64.6 Å². The fraction of sp³-hybridized carbons (Fsp3) is 0.429. The molecule has 20 heavy (non-hydrogen) atoms. The van der Waals surface area contributed by atoms with Gasteiger partial charge in [-0.3, -0.25) is 9.59 Å². The maximum Gasteiger partial charge on any atom is 0.258 e. The summed E-state index contributed by atoms with van der Waals surface area (Å²) in [4.78, 5) is 23.3. The number of Topliss-reactive ketones (excluding diaryl/α,β-unsaturated/α-hetero) is 1. The number of hydrogen-bond acceptors (Lipinski definition) is 4. The minimum atomic E-state index is -0.250. The Labute approximate surface area is 126 Å². The zero-order valence-electron chi connectivity index (χ0n) is 11.6. The number of carbonyl (C=O) groups excluding carboxylic acids is 2. The van der Waals surface area contributed by atoms with Crippen molar-refractivity contribution in [2.24, 2.45) is 0 Å². The average Bonchev–Trinajstić information content (AvgIpc) is 2.45. The summed E-state index contributed by atoms with van der Waals surface area (Å²) >= 11 is 3.32. The zero-order valence-corrected chi connectivity index (χ0v) is 13.2. The van der Waals surface area contributed by atoms with E-state index in [0.717, 1.165) is 4.47 Å². The molecule has 1 aromatic carbocycles. The number of nitrogens with one attached hydrogen (secondary N) is 1. The van der Waals surface area contributed by atoms with Gasteiger partial charge in [-0.25, -0.2) is 0 Å². The van der Waals surface area contributed by atoms with Gasteiger partial charge in [0.05, 0.1) is 12.2 Å². The van der Waals surface area contributed by atoms with Gasteiger partial charge in [0.1, 0.15) is 5.75 Å². The Morgan fingerprint density at radius 1 is 1.35 bits per heavy atom. The molecule has 0 saturated carbocycles. The first-order valence-electron chi connectivity index (χ1n) is 6.29. The van der Waals surface area contributed by atoms with E-state index >= 15 is 0 Å². The van der Waals surface area contributed by atoms with Crippen LogP contribution in [0, 0.1) is 0 Å². The van der Waals surface area contributed by atoms with Gasteiger partial charge in [0.15, 0.2) is 12.4 Å². The molecule has 5 nitrogen and oxygen atoms in total. The molecule has 6 heteroatoms. The first-order chi connectivity index (χ1) is 9.58. The number of carbonyl (C=O) groups is 2. The molecule has 0 aliphatic heterocycles. The first kappa shape index (κ1) is 16.7. The maximum atomic E-state index is 11.8. The molecule has 0 aliphatic carbocycles. The summed E-state index contributed by atoms with van der Waals surface area (Å²) < 4.78 is 11.0. The van der Waals surface area contributed by atoms with Gasteiger partial charge in [-0.1, -0.05) is 22.9 Å². The van der Waals surface area contributed by atoms with Gasteiger partial charge in [0, 0.05) is 24.5 Å². The molecule has 0 bridgehead atoms. The second kappa shape index (κ2) is 8.71. The van der Waals surface area contributed by atoms with Crippen LogP contribution in [0.1, 0.15) is 23.7 Å². The van der Waals surface area contributed by atoms with E-state index in [4.69, 9.17) is 9.47 Å². The molecule has 110 valence electrons. The molecule has 0 aromatic heterocycles. The lowest BCUT2D eigenvalue weighted by Crippen LogP contribution is -2.31. The number of ether oxygens (including phenoxy) is 2. The molecule has 0 atom stereocenters. The lowest BCUT2D eigenvalue weighted by Gasteiger charge is -2.11. The van der Waals surface area contributed by atoms with E-state index in [1.54, 1.807) is 32.2 Å². The Kier molecular flexibility index (Phi) is 7.25. The van der Waals surface area contributed by atoms with Gasteiger partial charge in [0.25, 0.3) is 5.91 Å². The van der Waals surface area contributed by atoms with Crippen molar-refractivity contribution in [2.45, 2.75) is 13.3 Å². The Morgan fingerprint density at radius 3 is 2.75 bits per heavy atom. The molecular formula is C14H18BrNO4. The number of amides is 1. The monoisotopic (exact) mass is 343 g/mol. The number of benzene rings is 1. The van der Waals surface area contributed by atoms with Gasteiger partial charge >= 0.3 is 0 Å². The van der Waals surface area contributed by atoms with E-state index in [-0.39, 0.29) is 18.3 Å². The minimum absolute atomic E-state index is 0.0268. The highest BCUT2D eigenvalue weighted by atomic mass is 79.9. The molecular weight excluding hydrogens is 326 g/mol. The smallest absolute Gasteiger partial charge is 0.258 e. The fourth-order valence-electron chi connectivity index (χ4n) is 1.52. The fourth-order valence-corrected chi connectivity index (χ4v) is 1.88. The van der Waals surface area contributed by atoms with Crippen LogP contribution in [0.25, 0.3) is 0 Å². The van der Waals surface area contributed by atoms with Crippen LogP contribution in [0.15, 0.2) is 22.7 Å². The van der Waals surface area contributed by atoms with E-state index < -0.39 is 0 Å². The van der Waals surface area contributed by atoms with Crippen LogP contribution in [-0.2, 0) is 9.53 Å². The molecule has 0 saturated heterocycles. The summed E-state index contributed by atoms with van der Waals surface area (Å²) in [6, 6.07) is 5.14. The van der Waals surface area contributed by atoms with Gasteiger partial charge in [0.2, 0.25) is 0 Å². The predicted molar refractivity (Wildman–Crippen MR) is 79.1 cm³/mol. The summed E-state index contributed by atoms with van der Waals surface area (Å²) in [5.74, 6) is 0.142. The molecule has 0 spiro atoms. The van der Waals surface area contributed by atoms with Crippen LogP contribution in [0.4, 0.5) is 0 Å². The maximum absolute atomic E-state index is 11.8. The summed E-state index contributed by atoms with van der Waals surface area (Å²) in [5, 5.41) is 2.64. The summed E-state index contributed by atoms with van der Waals surface area (Å²) in [5.41, 5.74) is 0.478. The predicted octanol–water partition coefficient (Wildman–Crippen LogP) is 2.18. The quantitative estimate of drug-likeness (QED) is 0.580. The molecule has 1 rings (SSSR count). The van der Waals surface area contributed by atoms with Crippen LogP contribution in [0.5, 0.6) is 5.75 Å². The van der Waals surface area contributed by atoms with E-state index in [2.05, 4.69) is 21.2 Å². The van der Waals surface area contributed by atoms with E-state index in [1.165, 1.54) is 0 Å². The first-order valence-corrected chi connectivity index (χ1v) is 7.09. The van der Waals surface area contributed by atoms with Crippen LogP contribution >= 0.6 is 15.9 Å². The van der Waals surface area contributed by atoms with Crippen molar-refractivity contribution in [1.82, 2.24) is 5.32 Å². The zero-order chi connectivity index (χ0) is 15.0. The third-order valence-electron chi connectivity index (χ3n) is 2.55. The summed E-state index contributed by atoms with van der Waals surface area (Å²) in [6.07, 6.45) is 0.382. The van der Waals surface area contributed by atoms with Crippen molar-refractivity contribution in [2.75, 3.05) is 26.9 Å².